The summed E-state index contributed by atoms with van der Waals surface area (Å²) in [5, 5.41) is 3.49. The fraction of sp³-hybridized carbons (Fsp3) is 0.538. The summed E-state index contributed by atoms with van der Waals surface area (Å²) in [4.78, 5) is 0. The lowest BCUT2D eigenvalue weighted by molar-refractivity contribution is 0.128. The highest BCUT2D eigenvalue weighted by Gasteiger charge is 2.38. The largest absolute Gasteiger partial charge is 0.309 e. The lowest BCUT2D eigenvalue weighted by Gasteiger charge is -2.46. The zero-order chi connectivity index (χ0) is 10.2. The van der Waals surface area contributed by atoms with E-state index in [0.717, 1.165) is 13.0 Å². The summed E-state index contributed by atoms with van der Waals surface area (Å²) in [6.45, 7) is 7.97. The van der Waals surface area contributed by atoms with Crippen LogP contribution in [0.25, 0.3) is 0 Å². The van der Waals surface area contributed by atoms with Crippen molar-refractivity contribution in [2.24, 2.45) is 5.41 Å². The molecule has 0 spiro atoms. The molecule has 76 valence electrons. The second-order valence-corrected chi connectivity index (χ2v) is 4.90. The van der Waals surface area contributed by atoms with Gasteiger partial charge in [-0.2, -0.15) is 0 Å². The van der Waals surface area contributed by atoms with Gasteiger partial charge in [0, 0.05) is 12.6 Å². The molecule has 0 saturated carbocycles. The van der Waals surface area contributed by atoms with Crippen LogP contribution in [-0.2, 0) is 6.42 Å². The predicted octanol–water partition coefficient (Wildman–Crippen LogP) is 2.92. The highest BCUT2D eigenvalue weighted by atomic mass is 15.0. The molecular weight excluding hydrogens is 170 g/mol. The average Bonchev–Trinajstić information content (AvgIpc) is 2.18. The van der Waals surface area contributed by atoms with E-state index < -0.39 is 0 Å². The van der Waals surface area contributed by atoms with Gasteiger partial charge >= 0.3 is 0 Å². The monoisotopic (exact) mass is 189 g/mol. The third-order valence-corrected chi connectivity index (χ3v) is 3.26. The van der Waals surface area contributed by atoms with E-state index in [-0.39, 0.29) is 0 Å². The molecule has 2 rings (SSSR count). The SMILES string of the molecule is CCc1ccc(C2NCC2(C)C)cc1. The van der Waals surface area contributed by atoms with Gasteiger partial charge in [0.1, 0.15) is 0 Å². The number of aryl methyl sites for hydroxylation is 1. The van der Waals surface area contributed by atoms with E-state index in [1.165, 1.54) is 11.1 Å². The predicted molar refractivity (Wildman–Crippen MR) is 60.3 cm³/mol. The fourth-order valence-corrected chi connectivity index (χ4v) is 2.13. The summed E-state index contributed by atoms with van der Waals surface area (Å²) in [5.41, 5.74) is 3.28. The molecular formula is C13H19N. The average molecular weight is 189 g/mol. The van der Waals surface area contributed by atoms with E-state index in [1.807, 2.05) is 0 Å². The number of hydrogen-bond acceptors (Lipinski definition) is 1. The first-order chi connectivity index (χ1) is 6.63. The summed E-state index contributed by atoms with van der Waals surface area (Å²) in [6, 6.07) is 9.56. The maximum Gasteiger partial charge on any atom is 0.0384 e. The highest BCUT2D eigenvalue weighted by molar-refractivity contribution is 5.28. The smallest absolute Gasteiger partial charge is 0.0384 e. The van der Waals surface area contributed by atoms with Crippen molar-refractivity contribution in [2.45, 2.75) is 33.2 Å². The topological polar surface area (TPSA) is 12.0 Å². The van der Waals surface area contributed by atoms with Gasteiger partial charge in [-0.25, -0.2) is 0 Å². The van der Waals surface area contributed by atoms with E-state index in [2.05, 4.69) is 50.4 Å². The quantitative estimate of drug-likeness (QED) is 0.754. The fourth-order valence-electron chi connectivity index (χ4n) is 2.13. The molecule has 0 bridgehead atoms. The number of benzene rings is 1. The van der Waals surface area contributed by atoms with Gasteiger partial charge in [0.05, 0.1) is 0 Å². The summed E-state index contributed by atoms with van der Waals surface area (Å²) in [5.74, 6) is 0. The van der Waals surface area contributed by atoms with Gasteiger partial charge in [-0.1, -0.05) is 45.0 Å². The number of nitrogens with one attached hydrogen (secondary N) is 1. The first-order valence-electron chi connectivity index (χ1n) is 5.46. The Kier molecular flexibility index (Phi) is 2.36. The third kappa shape index (κ3) is 1.57. The normalized spacial score (nSPS) is 24.4. The molecule has 1 aromatic carbocycles. The Morgan fingerprint density at radius 2 is 1.93 bits per heavy atom. The summed E-state index contributed by atoms with van der Waals surface area (Å²) in [6.07, 6.45) is 1.13. The van der Waals surface area contributed by atoms with Gasteiger partial charge in [-0.05, 0) is 23.0 Å². The molecule has 1 saturated heterocycles. The van der Waals surface area contributed by atoms with Crippen molar-refractivity contribution >= 4 is 0 Å². The number of rotatable bonds is 2. The minimum absolute atomic E-state index is 0.424. The van der Waals surface area contributed by atoms with Crippen molar-refractivity contribution in [1.82, 2.24) is 5.32 Å². The van der Waals surface area contributed by atoms with E-state index in [1.54, 1.807) is 0 Å². The van der Waals surface area contributed by atoms with Crippen molar-refractivity contribution < 1.29 is 0 Å². The molecule has 1 atom stereocenters. The van der Waals surface area contributed by atoms with E-state index in [4.69, 9.17) is 0 Å². The third-order valence-electron chi connectivity index (χ3n) is 3.26. The van der Waals surface area contributed by atoms with Crippen LogP contribution in [0.15, 0.2) is 24.3 Å². The molecule has 14 heavy (non-hydrogen) atoms. The molecule has 0 aromatic heterocycles. The molecule has 0 radical (unpaired) electrons. The Morgan fingerprint density at radius 1 is 1.29 bits per heavy atom. The zero-order valence-electron chi connectivity index (χ0n) is 9.30. The molecule has 1 fully saturated rings. The van der Waals surface area contributed by atoms with Crippen molar-refractivity contribution in [1.29, 1.82) is 0 Å². The lowest BCUT2D eigenvalue weighted by atomic mass is 9.74. The summed E-state index contributed by atoms with van der Waals surface area (Å²) < 4.78 is 0. The van der Waals surface area contributed by atoms with Crippen LogP contribution in [0.4, 0.5) is 0 Å². The molecule has 1 aliphatic rings. The molecule has 1 aliphatic heterocycles. The first kappa shape index (κ1) is 9.72. The standard InChI is InChI=1S/C13H19N/c1-4-10-5-7-11(8-6-10)12-13(2,3)9-14-12/h5-8,12,14H,4,9H2,1-3H3. The Balaban J connectivity index is 2.17. The van der Waals surface area contributed by atoms with Crippen molar-refractivity contribution in [3.63, 3.8) is 0 Å². The van der Waals surface area contributed by atoms with Gasteiger partial charge in [0.2, 0.25) is 0 Å². The molecule has 1 nitrogen and oxygen atoms in total. The first-order valence-corrected chi connectivity index (χ1v) is 5.46. The Labute approximate surface area is 86.5 Å². The van der Waals surface area contributed by atoms with Crippen LogP contribution < -0.4 is 5.32 Å². The van der Waals surface area contributed by atoms with Gasteiger partial charge in [0.25, 0.3) is 0 Å². The molecule has 1 aromatic rings. The van der Waals surface area contributed by atoms with Crippen molar-refractivity contribution in [2.75, 3.05) is 6.54 Å². The van der Waals surface area contributed by atoms with Gasteiger partial charge < -0.3 is 5.32 Å². The molecule has 0 amide bonds. The maximum atomic E-state index is 3.49. The van der Waals surface area contributed by atoms with E-state index in [0.29, 0.717) is 11.5 Å². The minimum atomic E-state index is 0.424. The van der Waals surface area contributed by atoms with Crippen molar-refractivity contribution in [3.8, 4) is 0 Å². The molecule has 1 N–H and O–H groups in total. The van der Waals surface area contributed by atoms with Crippen LogP contribution in [0.5, 0.6) is 0 Å². The van der Waals surface area contributed by atoms with Crippen LogP contribution in [0.3, 0.4) is 0 Å². The van der Waals surface area contributed by atoms with Gasteiger partial charge in [0.15, 0.2) is 0 Å². The van der Waals surface area contributed by atoms with Crippen LogP contribution in [0.1, 0.15) is 37.9 Å². The summed E-state index contributed by atoms with van der Waals surface area (Å²) in [7, 11) is 0. The second-order valence-electron chi connectivity index (χ2n) is 4.90. The van der Waals surface area contributed by atoms with E-state index in [9.17, 15) is 0 Å². The highest BCUT2D eigenvalue weighted by Crippen LogP contribution is 2.39. The Hall–Kier alpha value is -0.820. The van der Waals surface area contributed by atoms with Gasteiger partial charge in [-0.3, -0.25) is 0 Å². The molecule has 1 heterocycles. The second kappa shape index (κ2) is 3.39. The van der Waals surface area contributed by atoms with Crippen LogP contribution >= 0.6 is 0 Å². The van der Waals surface area contributed by atoms with Crippen LogP contribution in [0, 0.1) is 5.41 Å². The Bertz CT molecular complexity index is 311. The lowest BCUT2D eigenvalue weighted by Crippen LogP contribution is -2.52. The molecule has 1 unspecified atom stereocenters. The van der Waals surface area contributed by atoms with Crippen LogP contribution in [0.2, 0.25) is 0 Å². The Morgan fingerprint density at radius 3 is 2.29 bits per heavy atom. The van der Waals surface area contributed by atoms with Crippen LogP contribution in [-0.4, -0.2) is 6.54 Å². The summed E-state index contributed by atoms with van der Waals surface area (Å²) >= 11 is 0. The van der Waals surface area contributed by atoms with Gasteiger partial charge in [-0.15, -0.1) is 0 Å². The number of hydrogen-bond donors (Lipinski definition) is 1. The van der Waals surface area contributed by atoms with E-state index >= 15 is 0 Å². The zero-order valence-corrected chi connectivity index (χ0v) is 9.30. The molecule has 1 heteroatoms. The molecule has 0 aliphatic carbocycles. The maximum absolute atomic E-state index is 3.49. The minimum Gasteiger partial charge on any atom is -0.309 e. The van der Waals surface area contributed by atoms with Crippen molar-refractivity contribution in [3.05, 3.63) is 35.4 Å².